The van der Waals surface area contributed by atoms with Crippen LogP contribution in [0.1, 0.15) is 17.5 Å². The molecule has 2 aliphatic rings. The Morgan fingerprint density at radius 2 is 2.00 bits per heavy atom. The van der Waals surface area contributed by atoms with E-state index in [1.54, 1.807) is 11.5 Å². The van der Waals surface area contributed by atoms with Crippen molar-refractivity contribution in [1.29, 1.82) is 0 Å². The van der Waals surface area contributed by atoms with Crippen LogP contribution < -0.4 is 0 Å². The van der Waals surface area contributed by atoms with Crippen LogP contribution in [-0.4, -0.2) is 0 Å². The van der Waals surface area contributed by atoms with Gasteiger partial charge in [0.2, 0.25) is 0 Å². The largest absolute Gasteiger partial charge is 0.0619 e. The Bertz CT molecular complexity index is 321. The second kappa shape index (κ2) is 1.34. The van der Waals surface area contributed by atoms with E-state index >= 15 is 0 Å². The summed E-state index contributed by atoms with van der Waals surface area (Å²) in [4.78, 5) is 0. The predicted molar refractivity (Wildman–Crippen MR) is 41.4 cm³/mol. The number of hydrogen-bond donors (Lipinski definition) is 0. The molecule has 0 heteroatoms. The van der Waals surface area contributed by atoms with Gasteiger partial charge in [-0.15, -0.1) is 0 Å². The molecule has 3 rings (SSSR count). The second-order valence-electron chi connectivity index (χ2n) is 2.91. The molecule has 1 aromatic rings. The molecule has 1 radical (unpaired) electrons. The molecular formula is C10H7. The fourth-order valence-corrected chi connectivity index (χ4v) is 1.64. The highest BCUT2D eigenvalue weighted by molar-refractivity contribution is 5.81. The van der Waals surface area contributed by atoms with E-state index in [0.29, 0.717) is 0 Å². The molecule has 0 heterocycles. The average molecular weight is 127 g/mol. The van der Waals surface area contributed by atoms with Gasteiger partial charge in [-0.25, -0.2) is 0 Å². The van der Waals surface area contributed by atoms with Crippen molar-refractivity contribution in [2.24, 2.45) is 0 Å². The van der Waals surface area contributed by atoms with Crippen LogP contribution in [-0.2, 0) is 0 Å². The molecule has 0 N–H and O–H groups in total. The molecule has 0 aromatic heterocycles. The minimum atomic E-state index is 1.25. The highest BCUT2D eigenvalue weighted by Gasteiger charge is 2.37. The molecule has 0 aliphatic heterocycles. The lowest BCUT2D eigenvalue weighted by atomic mass is 10.1. The van der Waals surface area contributed by atoms with Crippen LogP contribution in [0.25, 0.3) is 6.08 Å². The first-order chi connectivity index (χ1) is 4.95. The fourth-order valence-electron chi connectivity index (χ4n) is 1.64. The third kappa shape index (κ3) is 0.431. The first-order valence-corrected chi connectivity index (χ1v) is 3.61. The first-order valence-electron chi connectivity index (χ1n) is 3.61. The van der Waals surface area contributed by atoms with Crippen molar-refractivity contribution < 1.29 is 0 Å². The van der Waals surface area contributed by atoms with Crippen molar-refractivity contribution in [2.75, 3.05) is 0 Å². The summed E-state index contributed by atoms with van der Waals surface area (Å²) >= 11 is 0. The van der Waals surface area contributed by atoms with Crippen molar-refractivity contribution in [3.05, 3.63) is 46.9 Å². The average Bonchev–Trinajstić information content (AvgIpc) is 2.64. The smallest absolute Gasteiger partial charge is 0.0346 e. The molecule has 0 unspecified atom stereocenters. The standard InChI is InChI=1S/C10H7/c1-2-4-9-7(3-1)5-8-6-10(8)9/h1-5H,6H2. The van der Waals surface area contributed by atoms with E-state index < -0.39 is 0 Å². The summed E-state index contributed by atoms with van der Waals surface area (Å²) in [6.45, 7) is 0. The molecule has 0 spiro atoms. The SMILES string of the molecule is C1=C2C[C]2c2ccccc21. The van der Waals surface area contributed by atoms with E-state index in [9.17, 15) is 0 Å². The molecule has 1 fully saturated rings. The Morgan fingerprint density at radius 1 is 1.10 bits per heavy atom. The molecule has 0 nitrogen and oxygen atoms in total. The Labute approximate surface area is 60.2 Å². The molecule has 0 bridgehead atoms. The third-order valence-electron chi connectivity index (χ3n) is 2.25. The van der Waals surface area contributed by atoms with Gasteiger partial charge in [0, 0.05) is 5.92 Å². The lowest BCUT2D eigenvalue weighted by molar-refractivity contribution is 1.41. The fraction of sp³-hybridized carbons (Fsp3) is 0.100. The molecule has 47 valence electrons. The summed E-state index contributed by atoms with van der Waals surface area (Å²) < 4.78 is 0. The van der Waals surface area contributed by atoms with Crippen molar-refractivity contribution in [2.45, 2.75) is 6.42 Å². The number of fused-ring (bicyclic) bond motifs is 3. The number of benzene rings is 1. The zero-order chi connectivity index (χ0) is 6.55. The normalized spacial score (nSPS) is 19.8. The maximum atomic E-state index is 2.30. The van der Waals surface area contributed by atoms with Gasteiger partial charge in [-0.2, -0.15) is 0 Å². The van der Waals surface area contributed by atoms with Crippen LogP contribution in [0, 0.1) is 5.92 Å². The first kappa shape index (κ1) is 4.73. The van der Waals surface area contributed by atoms with E-state index in [4.69, 9.17) is 0 Å². The van der Waals surface area contributed by atoms with E-state index in [1.807, 2.05) is 0 Å². The predicted octanol–water partition coefficient (Wildman–Crippen LogP) is 2.41. The van der Waals surface area contributed by atoms with Gasteiger partial charge >= 0.3 is 0 Å². The summed E-state index contributed by atoms with van der Waals surface area (Å²) in [5, 5.41) is 0. The van der Waals surface area contributed by atoms with Crippen LogP contribution in [0.5, 0.6) is 0 Å². The monoisotopic (exact) mass is 127 g/mol. The molecule has 0 saturated heterocycles. The number of allylic oxidation sites excluding steroid dienone is 1. The minimum Gasteiger partial charge on any atom is -0.0619 e. The maximum Gasteiger partial charge on any atom is 0.0346 e. The van der Waals surface area contributed by atoms with Crippen LogP contribution in [0.15, 0.2) is 29.8 Å². The van der Waals surface area contributed by atoms with Crippen molar-refractivity contribution in [1.82, 2.24) is 0 Å². The van der Waals surface area contributed by atoms with Gasteiger partial charge < -0.3 is 0 Å². The third-order valence-corrected chi connectivity index (χ3v) is 2.25. The van der Waals surface area contributed by atoms with E-state index in [-0.39, 0.29) is 0 Å². The molecule has 0 atom stereocenters. The van der Waals surface area contributed by atoms with Gasteiger partial charge in [0.1, 0.15) is 0 Å². The molecule has 1 saturated carbocycles. The maximum absolute atomic E-state index is 2.30. The molecule has 1 aromatic carbocycles. The Kier molecular flexibility index (Phi) is 0.634. The minimum absolute atomic E-state index is 1.25. The second-order valence-corrected chi connectivity index (χ2v) is 2.91. The van der Waals surface area contributed by atoms with Gasteiger partial charge in [-0.1, -0.05) is 35.9 Å². The zero-order valence-electron chi connectivity index (χ0n) is 5.59. The van der Waals surface area contributed by atoms with Crippen molar-refractivity contribution in [3.63, 3.8) is 0 Å². The Morgan fingerprint density at radius 3 is 2.90 bits per heavy atom. The number of hydrogen-bond acceptors (Lipinski definition) is 0. The number of rotatable bonds is 0. The summed E-state index contributed by atoms with van der Waals surface area (Å²) in [5.41, 5.74) is 4.44. The van der Waals surface area contributed by atoms with Crippen molar-refractivity contribution in [3.8, 4) is 0 Å². The van der Waals surface area contributed by atoms with E-state index in [0.717, 1.165) is 0 Å². The Balaban J connectivity index is 2.32. The van der Waals surface area contributed by atoms with Gasteiger partial charge in [-0.05, 0) is 17.5 Å². The van der Waals surface area contributed by atoms with Crippen LogP contribution in [0.4, 0.5) is 0 Å². The molecule has 10 heavy (non-hydrogen) atoms. The quantitative estimate of drug-likeness (QED) is 0.502. The summed E-state index contributed by atoms with van der Waals surface area (Å²) in [7, 11) is 0. The molecule has 2 aliphatic carbocycles. The molecular weight excluding hydrogens is 120 g/mol. The van der Waals surface area contributed by atoms with Crippen LogP contribution in [0.3, 0.4) is 0 Å². The summed E-state index contributed by atoms with van der Waals surface area (Å²) in [5.74, 6) is 1.58. The lowest BCUT2D eigenvalue weighted by Crippen LogP contribution is -1.79. The van der Waals surface area contributed by atoms with Gasteiger partial charge in [0.15, 0.2) is 0 Å². The highest BCUT2D eigenvalue weighted by atomic mass is 14.4. The molecule has 0 amide bonds. The van der Waals surface area contributed by atoms with Gasteiger partial charge in [0.05, 0.1) is 0 Å². The van der Waals surface area contributed by atoms with Gasteiger partial charge in [0.25, 0.3) is 0 Å². The summed E-state index contributed by atoms with van der Waals surface area (Å²) in [6, 6.07) is 8.60. The van der Waals surface area contributed by atoms with E-state index in [1.165, 1.54) is 17.5 Å². The zero-order valence-corrected chi connectivity index (χ0v) is 5.59. The van der Waals surface area contributed by atoms with E-state index in [2.05, 4.69) is 30.3 Å². The topological polar surface area (TPSA) is 0 Å². The van der Waals surface area contributed by atoms with Crippen LogP contribution >= 0.6 is 0 Å². The van der Waals surface area contributed by atoms with Crippen molar-refractivity contribution >= 4 is 6.08 Å². The lowest BCUT2D eigenvalue weighted by Gasteiger charge is -1.96. The van der Waals surface area contributed by atoms with Gasteiger partial charge in [-0.3, -0.25) is 0 Å². The Hall–Kier alpha value is -1.04. The summed E-state index contributed by atoms with van der Waals surface area (Å²) in [6.07, 6.45) is 3.54. The highest BCUT2D eigenvalue weighted by Crippen LogP contribution is 2.52. The van der Waals surface area contributed by atoms with Crippen LogP contribution in [0.2, 0.25) is 0 Å².